The molecular weight excluding hydrogens is 377 g/mol. The van der Waals surface area contributed by atoms with Crippen molar-refractivity contribution in [1.29, 1.82) is 0 Å². The minimum absolute atomic E-state index is 0.00777. The van der Waals surface area contributed by atoms with Crippen LogP contribution < -0.4 is 11.2 Å². The minimum Gasteiger partial charge on any atom is -0.352 e. The summed E-state index contributed by atoms with van der Waals surface area (Å²) in [4.78, 5) is 12.7. The average molecular weight is 404 g/mol. The summed E-state index contributed by atoms with van der Waals surface area (Å²) in [6, 6.07) is 6.10. The number of rotatable bonds is 6. The molecule has 2 aliphatic rings. The highest BCUT2D eigenvalue weighted by atomic mass is 32.2. The summed E-state index contributed by atoms with van der Waals surface area (Å²) in [5, 5.41) is 11.5. The van der Waals surface area contributed by atoms with Gasteiger partial charge in [0.15, 0.2) is 5.82 Å². The van der Waals surface area contributed by atoms with Gasteiger partial charge in [-0.15, -0.1) is 10.2 Å². The van der Waals surface area contributed by atoms with Crippen LogP contribution in [0.1, 0.15) is 39.5 Å². The van der Waals surface area contributed by atoms with Gasteiger partial charge in [0.25, 0.3) is 0 Å². The van der Waals surface area contributed by atoms with Crippen LogP contribution in [0.4, 0.5) is 4.39 Å². The third kappa shape index (κ3) is 3.74. The number of hydrogen-bond donors (Lipinski definition) is 2. The van der Waals surface area contributed by atoms with Gasteiger partial charge >= 0.3 is 0 Å². The van der Waals surface area contributed by atoms with Crippen LogP contribution in [-0.2, 0) is 4.79 Å². The zero-order valence-electron chi connectivity index (χ0n) is 16.1. The lowest BCUT2D eigenvalue weighted by Gasteiger charge is -2.29. The molecule has 8 heteroatoms. The Hall–Kier alpha value is -2.09. The van der Waals surface area contributed by atoms with Crippen molar-refractivity contribution >= 4 is 17.7 Å². The number of nitrogens with zero attached hydrogens (tertiary/aromatic N) is 3. The lowest BCUT2D eigenvalue weighted by molar-refractivity contribution is -0.121. The molecule has 2 aromatic rings. The predicted molar refractivity (Wildman–Crippen MR) is 107 cm³/mol. The summed E-state index contributed by atoms with van der Waals surface area (Å²) >= 11 is 1.28. The quantitative estimate of drug-likeness (QED) is 0.571. The van der Waals surface area contributed by atoms with E-state index in [0.29, 0.717) is 22.5 Å². The summed E-state index contributed by atoms with van der Waals surface area (Å²) in [5.41, 5.74) is 0.672. The Kier molecular flexibility index (Phi) is 5.31. The second kappa shape index (κ2) is 7.73. The van der Waals surface area contributed by atoms with Crippen LogP contribution in [0.5, 0.6) is 0 Å². The molecule has 2 bridgehead atoms. The fourth-order valence-electron chi connectivity index (χ4n) is 4.72. The fraction of sp³-hybridized carbons (Fsp3) is 0.550. The van der Waals surface area contributed by atoms with Gasteiger partial charge in [-0.1, -0.05) is 18.2 Å². The van der Waals surface area contributed by atoms with Crippen molar-refractivity contribution in [3.63, 3.8) is 0 Å². The molecule has 1 heterocycles. The number of thioether (sulfide) groups is 1. The standard InChI is InChI=1S/C20H26FN5OS/c1-11(17-10-13-3-4-15(17)9-13)23-19(27)12(2)28-20-25-24-18(26(20)22)14-5-7-16(21)8-6-14/h5-8,11-13,15,17H,3-4,9-10,22H2,1-2H3,(H,23,27). The summed E-state index contributed by atoms with van der Waals surface area (Å²) in [6.45, 7) is 3.97. The topological polar surface area (TPSA) is 85.8 Å². The van der Waals surface area contributed by atoms with Gasteiger partial charge in [0.2, 0.25) is 11.1 Å². The predicted octanol–water partition coefficient (Wildman–Crippen LogP) is 3.22. The number of nitrogens with two attached hydrogens (primary N) is 1. The number of halogens is 1. The lowest BCUT2D eigenvalue weighted by atomic mass is 9.84. The van der Waals surface area contributed by atoms with E-state index in [2.05, 4.69) is 22.4 Å². The maximum Gasteiger partial charge on any atom is 0.233 e. The second-order valence-corrected chi connectivity index (χ2v) is 9.39. The van der Waals surface area contributed by atoms with Crippen LogP contribution in [0.2, 0.25) is 0 Å². The smallest absolute Gasteiger partial charge is 0.233 e. The van der Waals surface area contributed by atoms with E-state index in [-0.39, 0.29) is 23.0 Å². The van der Waals surface area contributed by atoms with Crippen LogP contribution in [0.3, 0.4) is 0 Å². The van der Waals surface area contributed by atoms with Gasteiger partial charge in [0.05, 0.1) is 5.25 Å². The molecule has 0 saturated heterocycles. The summed E-state index contributed by atoms with van der Waals surface area (Å²) in [5.74, 6) is 8.45. The second-order valence-electron chi connectivity index (χ2n) is 8.08. The molecule has 2 saturated carbocycles. The molecular formula is C20H26FN5OS. The van der Waals surface area contributed by atoms with E-state index in [4.69, 9.17) is 5.84 Å². The van der Waals surface area contributed by atoms with Gasteiger partial charge in [-0.05, 0) is 75.1 Å². The molecule has 28 heavy (non-hydrogen) atoms. The molecule has 2 fully saturated rings. The van der Waals surface area contributed by atoms with Crippen LogP contribution in [-0.4, -0.2) is 32.1 Å². The zero-order chi connectivity index (χ0) is 19.8. The first-order valence-corrected chi connectivity index (χ1v) is 10.7. The van der Waals surface area contributed by atoms with Crippen LogP contribution in [0.25, 0.3) is 11.4 Å². The highest BCUT2D eigenvalue weighted by molar-refractivity contribution is 8.00. The van der Waals surface area contributed by atoms with Crippen molar-refractivity contribution < 1.29 is 9.18 Å². The number of carbonyl (C=O) groups is 1. The fourth-order valence-corrected chi connectivity index (χ4v) is 5.50. The molecule has 0 spiro atoms. The highest BCUT2D eigenvalue weighted by Gasteiger charge is 2.42. The summed E-state index contributed by atoms with van der Waals surface area (Å²) in [6.07, 6.45) is 5.24. The van der Waals surface area contributed by atoms with E-state index < -0.39 is 0 Å². The molecule has 6 nitrogen and oxygen atoms in total. The Balaban J connectivity index is 1.37. The Morgan fingerprint density at radius 3 is 2.64 bits per heavy atom. The van der Waals surface area contributed by atoms with Gasteiger partial charge in [0.1, 0.15) is 5.82 Å². The molecule has 3 N–H and O–H groups in total. The van der Waals surface area contributed by atoms with Gasteiger partial charge in [-0.2, -0.15) is 0 Å². The zero-order valence-corrected chi connectivity index (χ0v) is 17.0. The number of benzene rings is 1. The Labute approximate surface area is 168 Å². The maximum absolute atomic E-state index is 13.1. The number of fused-ring (bicyclic) bond motifs is 2. The molecule has 0 radical (unpaired) electrons. The van der Waals surface area contributed by atoms with Crippen molar-refractivity contribution in [3.05, 3.63) is 30.1 Å². The van der Waals surface area contributed by atoms with Gasteiger partial charge < -0.3 is 11.2 Å². The Morgan fingerprint density at radius 2 is 2.00 bits per heavy atom. The number of hydrogen-bond acceptors (Lipinski definition) is 5. The third-order valence-corrected chi connectivity index (χ3v) is 7.28. The number of amides is 1. The highest BCUT2D eigenvalue weighted by Crippen LogP contribution is 2.49. The van der Waals surface area contributed by atoms with E-state index in [0.717, 1.165) is 11.8 Å². The van der Waals surface area contributed by atoms with Crippen molar-refractivity contribution in [2.45, 2.75) is 56.0 Å². The lowest BCUT2D eigenvalue weighted by Crippen LogP contribution is -2.43. The summed E-state index contributed by atoms with van der Waals surface area (Å²) < 4.78 is 14.5. The molecule has 2 aliphatic carbocycles. The van der Waals surface area contributed by atoms with Crippen molar-refractivity contribution in [1.82, 2.24) is 20.2 Å². The summed E-state index contributed by atoms with van der Waals surface area (Å²) in [7, 11) is 0. The van der Waals surface area contributed by atoms with Crippen molar-refractivity contribution in [3.8, 4) is 11.4 Å². The van der Waals surface area contributed by atoms with E-state index in [1.165, 1.54) is 54.3 Å². The normalized spacial score (nSPS) is 25.6. The minimum atomic E-state index is -0.339. The Morgan fingerprint density at radius 1 is 1.25 bits per heavy atom. The van der Waals surface area contributed by atoms with Gasteiger partial charge in [0, 0.05) is 11.6 Å². The molecule has 150 valence electrons. The monoisotopic (exact) mass is 403 g/mol. The molecule has 1 aromatic heterocycles. The van der Waals surface area contributed by atoms with Gasteiger partial charge in [-0.25, -0.2) is 9.07 Å². The largest absolute Gasteiger partial charge is 0.352 e. The Bertz CT molecular complexity index is 855. The van der Waals surface area contributed by atoms with Crippen molar-refractivity contribution in [2.24, 2.45) is 17.8 Å². The van der Waals surface area contributed by atoms with E-state index >= 15 is 0 Å². The van der Waals surface area contributed by atoms with Crippen molar-refractivity contribution in [2.75, 3.05) is 5.84 Å². The molecule has 1 aromatic carbocycles. The number of nitrogen functional groups attached to an aromatic ring is 1. The van der Waals surface area contributed by atoms with E-state index in [9.17, 15) is 9.18 Å². The van der Waals surface area contributed by atoms with E-state index in [1.54, 1.807) is 12.1 Å². The molecule has 5 unspecified atom stereocenters. The number of aromatic nitrogens is 3. The SMILES string of the molecule is CC(Sc1nnc(-c2ccc(F)cc2)n1N)C(=O)NC(C)C1CC2CCC1C2. The first-order valence-electron chi connectivity index (χ1n) is 9.86. The first-order chi connectivity index (χ1) is 13.4. The van der Waals surface area contributed by atoms with Gasteiger partial charge in [-0.3, -0.25) is 4.79 Å². The first kappa shape index (κ1) is 19.2. The average Bonchev–Trinajstić information content (AvgIpc) is 3.39. The molecule has 5 atom stereocenters. The molecule has 1 amide bonds. The van der Waals surface area contributed by atoms with Crippen LogP contribution >= 0.6 is 11.8 Å². The number of carbonyl (C=O) groups excluding carboxylic acids is 1. The molecule has 4 rings (SSSR count). The van der Waals surface area contributed by atoms with E-state index in [1.807, 2.05) is 6.92 Å². The maximum atomic E-state index is 13.1. The van der Waals surface area contributed by atoms with Crippen LogP contribution in [0.15, 0.2) is 29.4 Å². The van der Waals surface area contributed by atoms with Crippen LogP contribution in [0, 0.1) is 23.6 Å². The third-order valence-electron chi connectivity index (χ3n) is 6.22. The number of nitrogens with one attached hydrogen (secondary N) is 1. The molecule has 0 aliphatic heterocycles.